The molecule has 0 N–H and O–H groups in total. The van der Waals surface area contributed by atoms with Crippen molar-refractivity contribution in [1.29, 1.82) is 0 Å². The fraction of sp³-hybridized carbons (Fsp3) is 0.389. The summed E-state index contributed by atoms with van der Waals surface area (Å²) in [5.74, 6) is 0. The molecule has 112 valence electrons. The monoisotopic (exact) mass is 299 g/mol. The maximum Gasteiger partial charge on any atom is 0.193 e. The minimum absolute atomic E-state index is 0.0184. The molecule has 1 atom stereocenters. The molecule has 2 aromatic rings. The molecule has 0 amide bonds. The number of aromatic nitrogens is 1. The normalized spacial score (nSPS) is 14.0. The molecule has 0 saturated heterocycles. The van der Waals surface area contributed by atoms with Crippen molar-refractivity contribution in [1.82, 2.24) is 4.98 Å². The van der Waals surface area contributed by atoms with Crippen LogP contribution in [-0.4, -0.2) is 13.3 Å². The molecule has 1 heterocycles. The van der Waals surface area contributed by atoms with Gasteiger partial charge >= 0.3 is 0 Å². The van der Waals surface area contributed by atoms with Crippen LogP contribution in [0.3, 0.4) is 0 Å². The lowest BCUT2D eigenvalue weighted by molar-refractivity contribution is 0.222. The Morgan fingerprint density at radius 3 is 1.95 bits per heavy atom. The Kier molecular flexibility index (Phi) is 4.64. The molecule has 1 unspecified atom stereocenters. The van der Waals surface area contributed by atoms with E-state index in [1.807, 2.05) is 30.6 Å². The molecule has 0 aliphatic heterocycles. The summed E-state index contributed by atoms with van der Waals surface area (Å²) in [6.07, 6.45) is 3.65. The largest absolute Gasteiger partial charge is 0.406 e. The number of nitrogens with zero attached hydrogens (tertiary/aromatic N) is 1. The number of hydrogen-bond acceptors (Lipinski definition) is 2. The summed E-state index contributed by atoms with van der Waals surface area (Å²) in [5, 5.41) is 0.188. The van der Waals surface area contributed by atoms with Crippen molar-refractivity contribution in [3.05, 3.63) is 66.0 Å². The van der Waals surface area contributed by atoms with Gasteiger partial charge in [-0.2, -0.15) is 0 Å². The lowest BCUT2D eigenvalue weighted by Gasteiger charge is -2.39. The van der Waals surface area contributed by atoms with Gasteiger partial charge in [0.2, 0.25) is 0 Å². The van der Waals surface area contributed by atoms with Gasteiger partial charge in [0.05, 0.1) is 6.10 Å². The van der Waals surface area contributed by atoms with Crippen LogP contribution in [-0.2, 0) is 4.43 Å². The predicted octanol–water partition coefficient (Wildman–Crippen LogP) is 5.19. The number of hydrogen-bond donors (Lipinski definition) is 0. The van der Waals surface area contributed by atoms with Crippen molar-refractivity contribution in [2.75, 3.05) is 0 Å². The molecule has 0 saturated carbocycles. The Hall–Kier alpha value is -1.45. The summed E-state index contributed by atoms with van der Waals surface area (Å²) in [6.45, 7) is 11.4. The fourth-order valence-electron chi connectivity index (χ4n) is 1.97. The quantitative estimate of drug-likeness (QED) is 0.725. The van der Waals surface area contributed by atoms with Gasteiger partial charge in [-0.3, -0.25) is 4.98 Å². The Labute approximate surface area is 129 Å². The Bertz CT molecular complexity index is 521. The first-order chi connectivity index (χ1) is 9.81. The van der Waals surface area contributed by atoms with Gasteiger partial charge in [-0.15, -0.1) is 0 Å². The van der Waals surface area contributed by atoms with Gasteiger partial charge in [0.25, 0.3) is 0 Å². The SMILES string of the molecule is CC(C)(C)[Si](C)(C)OC(c1ccccc1)c1ccncc1. The zero-order valence-corrected chi connectivity index (χ0v) is 14.6. The molecule has 21 heavy (non-hydrogen) atoms. The van der Waals surface area contributed by atoms with Crippen molar-refractivity contribution in [3.8, 4) is 0 Å². The Morgan fingerprint density at radius 1 is 0.905 bits per heavy atom. The van der Waals surface area contributed by atoms with Gasteiger partial charge in [-0.25, -0.2) is 0 Å². The summed E-state index contributed by atoms with van der Waals surface area (Å²) in [5.41, 5.74) is 2.37. The van der Waals surface area contributed by atoms with E-state index in [0.717, 1.165) is 0 Å². The topological polar surface area (TPSA) is 22.1 Å². The zero-order valence-electron chi connectivity index (χ0n) is 13.6. The first kappa shape index (κ1) is 15.9. The molecule has 2 nitrogen and oxygen atoms in total. The van der Waals surface area contributed by atoms with Crippen LogP contribution in [0.15, 0.2) is 54.9 Å². The average Bonchev–Trinajstić information content (AvgIpc) is 2.45. The van der Waals surface area contributed by atoms with E-state index in [-0.39, 0.29) is 11.1 Å². The zero-order chi connectivity index (χ0) is 15.5. The van der Waals surface area contributed by atoms with Crippen molar-refractivity contribution in [3.63, 3.8) is 0 Å². The van der Waals surface area contributed by atoms with E-state index in [2.05, 4.69) is 63.1 Å². The molecule has 0 radical (unpaired) electrons. The summed E-state index contributed by atoms with van der Waals surface area (Å²) in [7, 11) is -1.85. The van der Waals surface area contributed by atoms with Crippen molar-refractivity contribution in [2.24, 2.45) is 0 Å². The van der Waals surface area contributed by atoms with E-state index < -0.39 is 8.32 Å². The van der Waals surface area contributed by atoms with Crippen LogP contribution >= 0.6 is 0 Å². The van der Waals surface area contributed by atoms with E-state index in [1.54, 1.807) is 0 Å². The molecule has 0 aliphatic carbocycles. The summed E-state index contributed by atoms with van der Waals surface area (Å²) < 4.78 is 6.69. The number of pyridine rings is 1. The minimum Gasteiger partial charge on any atom is -0.406 e. The van der Waals surface area contributed by atoms with Crippen LogP contribution in [0.5, 0.6) is 0 Å². The maximum atomic E-state index is 6.69. The van der Waals surface area contributed by atoms with E-state index in [1.165, 1.54) is 11.1 Å². The lowest BCUT2D eigenvalue weighted by Crippen LogP contribution is -2.42. The molecule has 1 aromatic carbocycles. The molecular weight excluding hydrogens is 274 g/mol. The van der Waals surface area contributed by atoms with Crippen LogP contribution in [0, 0.1) is 0 Å². The summed E-state index contributed by atoms with van der Waals surface area (Å²) >= 11 is 0. The highest BCUT2D eigenvalue weighted by Gasteiger charge is 2.39. The Balaban J connectivity index is 2.39. The van der Waals surface area contributed by atoms with E-state index in [4.69, 9.17) is 4.43 Å². The molecule has 0 fully saturated rings. The van der Waals surface area contributed by atoms with Gasteiger partial charge < -0.3 is 4.43 Å². The smallest absolute Gasteiger partial charge is 0.193 e. The second-order valence-electron chi connectivity index (χ2n) is 6.95. The fourth-order valence-corrected chi connectivity index (χ4v) is 3.18. The standard InChI is InChI=1S/C18H25NOSi/c1-18(2,3)21(4,5)20-17(15-9-7-6-8-10-15)16-11-13-19-14-12-16/h6-14,17H,1-5H3. The van der Waals surface area contributed by atoms with Gasteiger partial charge in [-0.1, -0.05) is 51.1 Å². The minimum atomic E-state index is -1.85. The van der Waals surface area contributed by atoms with E-state index in [9.17, 15) is 0 Å². The molecule has 2 rings (SSSR count). The maximum absolute atomic E-state index is 6.69. The second-order valence-corrected chi connectivity index (χ2v) is 11.7. The van der Waals surface area contributed by atoms with Gasteiger partial charge in [-0.05, 0) is 41.4 Å². The molecule has 1 aromatic heterocycles. The molecule has 0 bridgehead atoms. The highest BCUT2D eigenvalue weighted by molar-refractivity contribution is 6.74. The third-order valence-electron chi connectivity index (χ3n) is 4.33. The van der Waals surface area contributed by atoms with Gasteiger partial charge in [0.15, 0.2) is 8.32 Å². The van der Waals surface area contributed by atoms with Gasteiger partial charge in [0, 0.05) is 12.4 Å². The number of benzene rings is 1. The van der Waals surface area contributed by atoms with Gasteiger partial charge in [0.1, 0.15) is 0 Å². The molecule has 0 spiro atoms. The van der Waals surface area contributed by atoms with Crippen LogP contribution in [0.1, 0.15) is 38.0 Å². The molecule has 3 heteroatoms. The summed E-state index contributed by atoms with van der Waals surface area (Å²) in [6, 6.07) is 14.5. The summed E-state index contributed by atoms with van der Waals surface area (Å²) in [4.78, 5) is 4.12. The Morgan fingerprint density at radius 2 is 1.43 bits per heavy atom. The van der Waals surface area contributed by atoms with Crippen LogP contribution in [0.25, 0.3) is 0 Å². The third-order valence-corrected chi connectivity index (χ3v) is 8.77. The number of rotatable bonds is 4. The highest BCUT2D eigenvalue weighted by atomic mass is 28.4. The van der Waals surface area contributed by atoms with Crippen molar-refractivity contribution < 1.29 is 4.43 Å². The predicted molar refractivity (Wildman–Crippen MR) is 90.8 cm³/mol. The van der Waals surface area contributed by atoms with Crippen LogP contribution < -0.4 is 0 Å². The van der Waals surface area contributed by atoms with Crippen LogP contribution in [0.2, 0.25) is 18.1 Å². The van der Waals surface area contributed by atoms with E-state index in [0.29, 0.717) is 0 Å². The lowest BCUT2D eigenvalue weighted by atomic mass is 10.0. The molecular formula is C18H25NOSi. The first-order valence-corrected chi connectivity index (χ1v) is 10.3. The van der Waals surface area contributed by atoms with E-state index >= 15 is 0 Å². The molecule has 0 aliphatic rings. The van der Waals surface area contributed by atoms with Crippen molar-refractivity contribution in [2.45, 2.75) is 45.0 Å². The second kappa shape index (κ2) is 6.12. The highest BCUT2D eigenvalue weighted by Crippen LogP contribution is 2.41. The average molecular weight is 299 g/mol. The third kappa shape index (κ3) is 3.80. The van der Waals surface area contributed by atoms with Crippen molar-refractivity contribution >= 4 is 8.32 Å². The first-order valence-electron chi connectivity index (χ1n) is 7.44. The van der Waals surface area contributed by atoms with Crippen LogP contribution in [0.4, 0.5) is 0 Å².